The van der Waals surface area contributed by atoms with Gasteiger partial charge in [0.05, 0.1) is 6.61 Å². The maximum atomic E-state index is 7.34. The Bertz CT molecular complexity index is 238. The van der Waals surface area contributed by atoms with Gasteiger partial charge in [0.1, 0.15) is 5.69 Å². The van der Waals surface area contributed by atoms with Crippen LogP contribution in [0.4, 0.5) is 0 Å². The van der Waals surface area contributed by atoms with Crippen LogP contribution in [0.1, 0.15) is 12.6 Å². The average molecular weight is 173 g/mol. The van der Waals surface area contributed by atoms with Gasteiger partial charge in [-0.25, -0.2) is 0 Å². The minimum atomic E-state index is 0. The maximum Gasteiger partial charge on any atom is 0.232 e. The fourth-order valence-corrected chi connectivity index (χ4v) is 0.715. The summed E-state index contributed by atoms with van der Waals surface area (Å²) in [5, 5.41) is 7.34. The van der Waals surface area contributed by atoms with Gasteiger partial charge >= 0.3 is 0 Å². The molecule has 0 saturated carbocycles. The van der Waals surface area contributed by atoms with Crippen molar-refractivity contribution in [3.63, 3.8) is 0 Å². The van der Waals surface area contributed by atoms with Crippen LogP contribution in [0.2, 0.25) is 0 Å². The third-order valence-electron chi connectivity index (χ3n) is 1.19. The van der Waals surface area contributed by atoms with Crippen molar-refractivity contribution < 1.29 is 4.74 Å². The zero-order valence-corrected chi connectivity index (χ0v) is 9.37. The number of aromatic nitrogens is 1. The molecule has 1 rings (SSSR count). The Morgan fingerprint density at radius 1 is 1.58 bits per heavy atom. The summed E-state index contributed by atoms with van der Waals surface area (Å²) in [5.74, 6) is 0.133. The molecule has 0 atom stereocenters. The van der Waals surface area contributed by atoms with Crippen LogP contribution in [0.3, 0.4) is 0 Å². The molecule has 0 aliphatic carbocycles. The van der Waals surface area contributed by atoms with E-state index in [0.717, 1.165) is 0 Å². The number of hydrogen-bond donors (Lipinski definition) is 1. The molecule has 12 heavy (non-hydrogen) atoms. The van der Waals surface area contributed by atoms with Crippen molar-refractivity contribution in [2.75, 3.05) is 6.61 Å². The maximum absolute atomic E-state index is 7.34. The van der Waals surface area contributed by atoms with Crippen molar-refractivity contribution in [1.82, 2.24) is 4.98 Å². The van der Waals surface area contributed by atoms with E-state index in [9.17, 15) is 0 Å². The summed E-state index contributed by atoms with van der Waals surface area (Å²) in [6.07, 6.45) is 1.64. The van der Waals surface area contributed by atoms with Crippen molar-refractivity contribution in [2.45, 2.75) is 6.92 Å². The zero-order chi connectivity index (χ0) is 8.10. The average Bonchev–Trinajstić information content (AvgIpc) is 2.07. The van der Waals surface area contributed by atoms with Gasteiger partial charge in [0.2, 0.25) is 5.90 Å². The summed E-state index contributed by atoms with van der Waals surface area (Å²) in [7, 11) is 0. The Morgan fingerprint density at radius 3 is 2.83 bits per heavy atom. The van der Waals surface area contributed by atoms with E-state index in [4.69, 9.17) is 10.1 Å². The van der Waals surface area contributed by atoms with Crippen LogP contribution in [0.5, 0.6) is 0 Å². The van der Waals surface area contributed by atoms with Crippen LogP contribution in [-0.2, 0) is 4.74 Å². The molecule has 3 nitrogen and oxygen atoms in total. The molecule has 1 aromatic heterocycles. The molecule has 0 amide bonds. The summed E-state index contributed by atoms with van der Waals surface area (Å²) >= 11 is 0. The summed E-state index contributed by atoms with van der Waals surface area (Å²) < 4.78 is 4.95. The van der Waals surface area contributed by atoms with Gasteiger partial charge in [0.25, 0.3) is 0 Å². The summed E-state index contributed by atoms with van der Waals surface area (Å²) in [6, 6.07) is 5.39. The van der Waals surface area contributed by atoms with Gasteiger partial charge in [-0.15, -0.1) is 0 Å². The molecule has 0 saturated heterocycles. The topological polar surface area (TPSA) is 46.0 Å². The first-order valence-electron chi connectivity index (χ1n) is 3.47. The third kappa shape index (κ3) is 3.34. The number of pyridine rings is 1. The van der Waals surface area contributed by atoms with Crippen LogP contribution in [0.25, 0.3) is 0 Å². The van der Waals surface area contributed by atoms with E-state index < -0.39 is 0 Å². The van der Waals surface area contributed by atoms with Gasteiger partial charge < -0.3 is 4.74 Å². The Balaban J connectivity index is 0.00000121. The number of hydrogen-bond acceptors (Lipinski definition) is 3. The normalized spacial score (nSPS) is 8.42. The predicted molar refractivity (Wildman–Crippen MR) is 48.4 cm³/mol. The Morgan fingerprint density at radius 2 is 2.33 bits per heavy atom. The minimum Gasteiger partial charge on any atom is -0.477 e. The summed E-state index contributed by atoms with van der Waals surface area (Å²) in [5.41, 5.74) is 0.578. The molecule has 0 aromatic carbocycles. The van der Waals surface area contributed by atoms with Gasteiger partial charge in [-0.1, -0.05) is 6.07 Å². The molecular formula is C8H10N2NaO. The van der Waals surface area contributed by atoms with Crippen LogP contribution >= 0.6 is 0 Å². The van der Waals surface area contributed by atoms with Gasteiger partial charge in [-0.3, -0.25) is 10.4 Å². The monoisotopic (exact) mass is 173 g/mol. The van der Waals surface area contributed by atoms with Crippen molar-refractivity contribution in [3.8, 4) is 0 Å². The van der Waals surface area contributed by atoms with E-state index in [0.29, 0.717) is 12.3 Å². The summed E-state index contributed by atoms with van der Waals surface area (Å²) in [4.78, 5) is 3.95. The molecule has 0 unspecified atom stereocenters. The minimum absolute atomic E-state index is 0. The molecule has 0 aliphatic rings. The number of rotatable bonds is 2. The molecule has 0 bridgehead atoms. The first-order valence-corrected chi connectivity index (χ1v) is 3.47. The molecule has 1 N–H and O–H groups in total. The Kier molecular flexibility index (Phi) is 5.98. The second-order valence-corrected chi connectivity index (χ2v) is 1.98. The molecular weight excluding hydrogens is 163 g/mol. The molecule has 1 heterocycles. The zero-order valence-electron chi connectivity index (χ0n) is 7.37. The standard InChI is InChI=1S/C8H10N2O.Na/c1-2-11-8(9)7-5-3-4-6-10-7;/h3-6,9H,2H2,1H3;. The van der Waals surface area contributed by atoms with Gasteiger partial charge in [0.15, 0.2) is 0 Å². The van der Waals surface area contributed by atoms with Gasteiger partial charge in [-0.2, -0.15) is 0 Å². The first kappa shape index (κ1) is 11.6. The fraction of sp³-hybridized carbons (Fsp3) is 0.250. The van der Waals surface area contributed by atoms with E-state index in [1.165, 1.54) is 0 Å². The molecule has 59 valence electrons. The second-order valence-electron chi connectivity index (χ2n) is 1.98. The van der Waals surface area contributed by atoms with Crippen LogP contribution in [0.15, 0.2) is 24.4 Å². The van der Waals surface area contributed by atoms with Crippen LogP contribution in [-0.4, -0.2) is 47.0 Å². The van der Waals surface area contributed by atoms with Crippen molar-refractivity contribution in [3.05, 3.63) is 30.1 Å². The molecule has 0 aliphatic heterocycles. The van der Waals surface area contributed by atoms with Crippen LogP contribution in [0, 0.1) is 5.41 Å². The Labute approximate surface area is 94.0 Å². The van der Waals surface area contributed by atoms with E-state index >= 15 is 0 Å². The molecule has 1 aromatic rings. The van der Waals surface area contributed by atoms with Crippen LogP contribution < -0.4 is 0 Å². The van der Waals surface area contributed by atoms with Crippen molar-refractivity contribution in [2.24, 2.45) is 0 Å². The fourth-order valence-electron chi connectivity index (χ4n) is 0.715. The van der Waals surface area contributed by atoms with Crippen molar-refractivity contribution >= 4 is 35.5 Å². The SMILES string of the molecule is CCOC(=N)c1ccccn1.[Na]. The van der Waals surface area contributed by atoms with E-state index in [1.807, 2.05) is 19.1 Å². The smallest absolute Gasteiger partial charge is 0.232 e. The quantitative estimate of drug-likeness (QED) is 0.413. The summed E-state index contributed by atoms with van der Waals surface area (Å²) in [6.45, 7) is 2.35. The molecule has 0 spiro atoms. The predicted octanol–water partition coefficient (Wildman–Crippen LogP) is 1.06. The molecule has 1 radical (unpaired) electrons. The largest absolute Gasteiger partial charge is 0.477 e. The Hall–Kier alpha value is -0.380. The van der Waals surface area contributed by atoms with Gasteiger partial charge in [-0.05, 0) is 19.1 Å². The molecule has 0 fully saturated rings. The number of ether oxygens (including phenoxy) is 1. The number of nitrogens with one attached hydrogen (secondary N) is 1. The van der Waals surface area contributed by atoms with Crippen molar-refractivity contribution in [1.29, 1.82) is 5.41 Å². The second kappa shape index (κ2) is 6.17. The van der Waals surface area contributed by atoms with E-state index in [-0.39, 0.29) is 35.5 Å². The van der Waals surface area contributed by atoms with Gasteiger partial charge in [0, 0.05) is 35.8 Å². The van der Waals surface area contributed by atoms with E-state index in [2.05, 4.69) is 4.98 Å². The molecule has 4 heteroatoms. The third-order valence-corrected chi connectivity index (χ3v) is 1.19. The number of nitrogens with zero attached hydrogens (tertiary/aromatic N) is 1. The van der Waals surface area contributed by atoms with E-state index in [1.54, 1.807) is 12.3 Å². The first-order chi connectivity index (χ1) is 5.34.